The lowest BCUT2D eigenvalue weighted by Gasteiger charge is -2.20. The fourth-order valence-electron chi connectivity index (χ4n) is 2.58. The Morgan fingerprint density at radius 1 is 1.05 bits per heavy atom. The number of amides is 2. The molecule has 0 aliphatic carbocycles. The predicted octanol–water partition coefficient (Wildman–Crippen LogP) is 1.99. The zero-order valence-electron chi connectivity index (χ0n) is 12.2. The second-order valence-electron chi connectivity index (χ2n) is 5.15. The number of hydrogen-bond acceptors (Lipinski definition) is 4. The molecule has 3 rings (SSSR count). The minimum atomic E-state index is -0.461. The van der Waals surface area contributed by atoms with Crippen LogP contribution in [-0.2, 0) is 0 Å². The molecule has 112 valence electrons. The van der Waals surface area contributed by atoms with Gasteiger partial charge in [-0.25, -0.2) is 0 Å². The molecule has 0 spiro atoms. The summed E-state index contributed by atoms with van der Waals surface area (Å²) in [5, 5.41) is 0. The first kappa shape index (κ1) is 14.3. The van der Waals surface area contributed by atoms with Gasteiger partial charge in [-0.2, -0.15) is 0 Å². The first-order valence-electron chi connectivity index (χ1n) is 6.96. The van der Waals surface area contributed by atoms with Crippen LogP contribution in [0.15, 0.2) is 48.5 Å². The van der Waals surface area contributed by atoms with E-state index in [2.05, 4.69) is 0 Å². The summed E-state index contributed by atoms with van der Waals surface area (Å²) in [6.45, 7) is 0.138. The van der Waals surface area contributed by atoms with Crippen LogP contribution in [0.3, 0.4) is 0 Å². The minimum absolute atomic E-state index is 0.138. The summed E-state index contributed by atoms with van der Waals surface area (Å²) in [6.07, 6.45) is 0. The number of nitrogens with two attached hydrogens (primary N) is 1. The third-order valence-electron chi connectivity index (χ3n) is 3.78. The van der Waals surface area contributed by atoms with E-state index in [4.69, 9.17) is 10.5 Å². The van der Waals surface area contributed by atoms with Crippen molar-refractivity contribution in [1.82, 2.24) is 4.90 Å². The largest absolute Gasteiger partial charge is 0.497 e. The Morgan fingerprint density at radius 2 is 1.68 bits per heavy atom. The normalized spacial score (nSPS) is 14.9. The van der Waals surface area contributed by atoms with Gasteiger partial charge in [-0.3, -0.25) is 14.5 Å². The zero-order valence-corrected chi connectivity index (χ0v) is 12.2. The molecule has 0 saturated heterocycles. The van der Waals surface area contributed by atoms with E-state index in [0.717, 1.165) is 5.56 Å². The molecule has 1 atom stereocenters. The van der Waals surface area contributed by atoms with Crippen molar-refractivity contribution in [2.24, 2.45) is 5.73 Å². The lowest BCUT2D eigenvalue weighted by Crippen LogP contribution is -2.36. The quantitative estimate of drug-likeness (QED) is 0.876. The van der Waals surface area contributed by atoms with Crippen molar-refractivity contribution in [2.75, 3.05) is 13.7 Å². The lowest BCUT2D eigenvalue weighted by atomic mass is 10.1. The van der Waals surface area contributed by atoms with Crippen LogP contribution in [0.4, 0.5) is 0 Å². The van der Waals surface area contributed by atoms with Gasteiger partial charge in [-0.15, -0.1) is 0 Å². The Labute approximate surface area is 128 Å². The Bertz CT molecular complexity index is 707. The molecule has 1 aliphatic rings. The molecule has 1 heterocycles. The number of ether oxygens (including phenoxy) is 1. The second-order valence-corrected chi connectivity index (χ2v) is 5.15. The van der Waals surface area contributed by atoms with Gasteiger partial charge < -0.3 is 10.5 Å². The van der Waals surface area contributed by atoms with Crippen molar-refractivity contribution < 1.29 is 14.3 Å². The zero-order chi connectivity index (χ0) is 15.7. The van der Waals surface area contributed by atoms with Crippen molar-refractivity contribution in [3.63, 3.8) is 0 Å². The number of carbonyl (C=O) groups is 2. The van der Waals surface area contributed by atoms with Crippen molar-refractivity contribution in [1.29, 1.82) is 0 Å². The third-order valence-corrected chi connectivity index (χ3v) is 3.78. The third kappa shape index (κ3) is 2.35. The highest BCUT2D eigenvalue weighted by Gasteiger charge is 2.35. The minimum Gasteiger partial charge on any atom is -0.497 e. The highest BCUT2D eigenvalue weighted by Crippen LogP contribution is 2.25. The van der Waals surface area contributed by atoms with E-state index < -0.39 is 6.04 Å². The molecular weight excluding hydrogens is 280 g/mol. The van der Waals surface area contributed by atoms with Gasteiger partial charge in [-0.05, 0) is 29.8 Å². The summed E-state index contributed by atoms with van der Waals surface area (Å²) in [6, 6.07) is 13.7. The molecule has 2 aromatic rings. The van der Waals surface area contributed by atoms with Crippen molar-refractivity contribution in [3.05, 3.63) is 65.2 Å². The van der Waals surface area contributed by atoms with E-state index in [-0.39, 0.29) is 18.4 Å². The number of hydrogen-bond donors (Lipinski definition) is 1. The lowest BCUT2D eigenvalue weighted by molar-refractivity contribution is 0.0645. The summed E-state index contributed by atoms with van der Waals surface area (Å²) in [5.41, 5.74) is 7.84. The van der Waals surface area contributed by atoms with Gasteiger partial charge >= 0.3 is 0 Å². The Morgan fingerprint density at radius 3 is 2.27 bits per heavy atom. The molecule has 0 aromatic heterocycles. The standard InChI is InChI=1S/C17H16N2O3/c1-22-12-6-4-5-11(9-12)15(18)10-19-16(20)13-7-2-3-8-14(13)17(19)21/h2-9,15H,10,18H2,1H3. The first-order valence-corrected chi connectivity index (χ1v) is 6.96. The van der Waals surface area contributed by atoms with E-state index >= 15 is 0 Å². The molecule has 5 nitrogen and oxygen atoms in total. The number of rotatable bonds is 4. The Kier molecular flexibility index (Phi) is 3.65. The molecule has 0 saturated carbocycles. The molecule has 22 heavy (non-hydrogen) atoms. The monoisotopic (exact) mass is 296 g/mol. The van der Waals surface area contributed by atoms with E-state index in [0.29, 0.717) is 16.9 Å². The number of fused-ring (bicyclic) bond motifs is 1. The Balaban J connectivity index is 1.82. The average Bonchev–Trinajstić information content (AvgIpc) is 2.80. The Hall–Kier alpha value is -2.66. The molecule has 2 aromatic carbocycles. The van der Waals surface area contributed by atoms with Gasteiger partial charge in [0.05, 0.1) is 18.2 Å². The van der Waals surface area contributed by atoms with Crippen LogP contribution < -0.4 is 10.5 Å². The topological polar surface area (TPSA) is 72.6 Å². The van der Waals surface area contributed by atoms with E-state index in [1.54, 1.807) is 31.4 Å². The summed E-state index contributed by atoms with van der Waals surface area (Å²) in [4.78, 5) is 25.8. The molecule has 0 radical (unpaired) electrons. The van der Waals surface area contributed by atoms with Crippen LogP contribution in [0, 0.1) is 0 Å². The fraction of sp³-hybridized carbons (Fsp3) is 0.176. The summed E-state index contributed by atoms with van der Waals surface area (Å²) >= 11 is 0. The van der Waals surface area contributed by atoms with E-state index in [1.807, 2.05) is 24.3 Å². The SMILES string of the molecule is COc1cccc(C(N)CN2C(=O)c3ccccc3C2=O)c1. The molecule has 2 amide bonds. The maximum absolute atomic E-state index is 12.3. The smallest absolute Gasteiger partial charge is 0.261 e. The number of carbonyl (C=O) groups excluding carboxylic acids is 2. The van der Waals surface area contributed by atoms with Crippen LogP contribution in [0.5, 0.6) is 5.75 Å². The fourth-order valence-corrected chi connectivity index (χ4v) is 2.58. The van der Waals surface area contributed by atoms with Gasteiger partial charge in [0.1, 0.15) is 5.75 Å². The number of nitrogens with zero attached hydrogens (tertiary/aromatic N) is 1. The summed E-state index contributed by atoms with van der Waals surface area (Å²) in [5.74, 6) is 0.105. The number of imide groups is 1. The molecule has 5 heteroatoms. The van der Waals surface area contributed by atoms with Gasteiger partial charge in [0.15, 0.2) is 0 Å². The molecule has 1 unspecified atom stereocenters. The summed E-state index contributed by atoms with van der Waals surface area (Å²) < 4.78 is 5.16. The molecule has 1 aliphatic heterocycles. The van der Waals surface area contributed by atoms with Gasteiger partial charge in [0, 0.05) is 12.6 Å². The van der Waals surface area contributed by atoms with Crippen LogP contribution >= 0.6 is 0 Å². The summed E-state index contributed by atoms with van der Waals surface area (Å²) in [7, 11) is 1.58. The molecule has 2 N–H and O–H groups in total. The molecular formula is C17H16N2O3. The van der Waals surface area contributed by atoms with Crippen molar-refractivity contribution >= 4 is 11.8 Å². The van der Waals surface area contributed by atoms with Crippen molar-refractivity contribution in [3.8, 4) is 5.75 Å². The van der Waals surface area contributed by atoms with E-state index in [1.165, 1.54) is 4.90 Å². The number of methoxy groups -OCH3 is 1. The first-order chi connectivity index (χ1) is 10.6. The van der Waals surface area contributed by atoms with Crippen LogP contribution in [0.25, 0.3) is 0 Å². The van der Waals surface area contributed by atoms with Gasteiger partial charge in [0.2, 0.25) is 0 Å². The van der Waals surface area contributed by atoms with Gasteiger partial charge in [-0.1, -0.05) is 24.3 Å². The van der Waals surface area contributed by atoms with Crippen LogP contribution in [-0.4, -0.2) is 30.4 Å². The second kappa shape index (κ2) is 5.61. The average molecular weight is 296 g/mol. The van der Waals surface area contributed by atoms with Crippen LogP contribution in [0.2, 0.25) is 0 Å². The maximum atomic E-state index is 12.3. The number of benzene rings is 2. The van der Waals surface area contributed by atoms with Crippen molar-refractivity contribution in [2.45, 2.75) is 6.04 Å². The van der Waals surface area contributed by atoms with Crippen LogP contribution in [0.1, 0.15) is 32.3 Å². The molecule has 0 bridgehead atoms. The van der Waals surface area contributed by atoms with Gasteiger partial charge in [0.25, 0.3) is 11.8 Å². The predicted molar refractivity (Wildman–Crippen MR) is 81.7 cm³/mol. The molecule has 0 fully saturated rings. The highest BCUT2D eigenvalue weighted by molar-refractivity contribution is 6.21. The maximum Gasteiger partial charge on any atom is 0.261 e. The van der Waals surface area contributed by atoms with E-state index in [9.17, 15) is 9.59 Å². The highest BCUT2D eigenvalue weighted by atomic mass is 16.5.